The van der Waals surface area contributed by atoms with Crippen molar-refractivity contribution in [3.63, 3.8) is 0 Å². The fourth-order valence-electron chi connectivity index (χ4n) is 3.31. The molecule has 9 heteroatoms. The van der Waals surface area contributed by atoms with E-state index in [1.165, 1.54) is 0 Å². The predicted molar refractivity (Wildman–Crippen MR) is 142 cm³/mol. The van der Waals surface area contributed by atoms with Crippen molar-refractivity contribution >= 4 is 56.8 Å². The van der Waals surface area contributed by atoms with E-state index in [2.05, 4.69) is 11.8 Å². The van der Waals surface area contributed by atoms with Gasteiger partial charge in [-0.1, -0.05) is 17.4 Å². The van der Waals surface area contributed by atoms with Crippen molar-refractivity contribution < 1.29 is 14.3 Å². The van der Waals surface area contributed by atoms with Gasteiger partial charge >= 0.3 is 0 Å². The minimum atomic E-state index is 0. The Bertz CT molecular complexity index is 1040. The second-order valence-corrected chi connectivity index (χ2v) is 9.88. The quantitative estimate of drug-likeness (QED) is 0.318. The topological polar surface area (TPSA) is 54.9 Å². The highest BCUT2D eigenvalue weighted by Crippen LogP contribution is 2.36. The third-order valence-corrected chi connectivity index (χ3v) is 7.30. The maximum absolute atomic E-state index is 13.2. The Kier molecular flexibility index (Phi) is 10.8. The van der Waals surface area contributed by atoms with Crippen molar-refractivity contribution in [1.82, 2.24) is 9.88 Å². The summed E-state index contributed by atoms with van der Waals surface area (Å²) in [5.74, 6) is 2.38. The van der Waals surface area contributed by atoms with Crippen LogP contribution in [0.15, 0.2) is 41.3 Å². The molecule has 3 aromatic rings. The van der Waals surface area contributed by atoms with Gasteiger partial charge in [0.1, 0.15) is 17.0 Å². The number of anilines is 1. The van der Waals surface area contributed by atoms with Gasteiger partial charge in [-0.15, -0.1) is 24.2 Å². The van der Waals surface area contributed by atoms with Gasteiger partial charge < -0.3 is 14.4 Å². The van der Waals surface area contributed by atoms with Gasteiger partial charge in [0.2, 0.25) is 5.91 Å². The van der Waals surface area contributed by atoms with Crippen LogP contribution in [0.25, 0.3) is 10.2 Å². The molecular formula is C24H32ClN3O3S2. The molecule has 180 valence electrons. The standard InChI is InChI=1S/C24H31N3O3S2.ClH/c1-17-7-12-20(30-5)22-23(17)32-24(25-22)27(15-6-14-26(2)3)21(28)13-16-31-19-10-8-18(29-4)9-11-19;/h7-12H,6,13-16H2,1-5H3;1H. The van der Waals surface area contributed by atoms with Crippen molar-refractivity contribution in [3.8, 4) is 11.5 Å². The van der Waals surface area contributed by atoms with Crippen molar-refractivity contribution in [2.24, 2.45) is 0 Å². The van der Waals surface area contributed by atoms with Gasteiger partial charge in [-0.2, -0.15) is 0 Å². The highest BCUT2D eigenvalue weighted by Gasteiger charge is 2.21. The molecule has 3 rings (SSSR count). The monoisotopic (exact) mass is 509 g/mol. The van der Waals surface area contributed by atoms with Crippen LogP contribution in [0.2, 0.25) is 0 Å². The molecule has 0 radical (unpaired) electrons. The number of hydrogen-bond donors (Lipinski definition) is 0. The Morgan fingerprint density at radius 3 is 2.42 bits per heavy atom. The Morgan fingerprint density at radius 1 is 1.06 bits per heavy atom. The van der Waals surface area contributed by atoms with Crippen molar-refractivity contribution in [2.45, 2.75) is 24.7 Å². The van der Waals surface area contributed by atoms with Crippen molar-refractivity contribution in [1.29, 1.82) is 0 Å². The molecule has 1 aromatic heterocycles. The third kappa shape index (κ3) is 7.24. The van der Waals surface area contributed by atoms with Crippen LogP contribution in [-0.2, 0) is 4.79 Å². The smallest absolute Gasteiger partial charge is 0.229 e. The van der Waals surface area contributed by atoms with Gasteiger partial charge in [0.15, 0.2) is 5.13 Å². The first kappa shape index (κ1) is 27.2. The second kappa shape index (κ2) is 13.0. The number of rotatable bonds is 11. The molecule has 0 aliphatic rings. The number of benzene rings is 2. The van der Waals surface area contributed by atoms with E-state index in [1.807, 2.05) is 55.4 Å². The SMILES string of the molecule is COc1ccc(SCCC(=O)N(CCCN(C)C)c2nc3c(OC)ccc(C)c3s2)cc1.Cl. The largest absolute Gasteiger partial charge is 0.497 e. The molecule has 0 bridgehead atoms. The van der Waals surface area contributed by atoms with Gasteiger partial charge in [0.05, 0.1) is 18.9 Å². The normalized spacial score (nSPS) is 10.8. The van der Waals surface area contributed by atoms with Crippen LogP contribution in [0.1, 0.15) is 18.4 Å². The molecule has 0 unspecified atom stereocenters. The zero-order valence-electron chi connectivity index (χ0n) is 19.8. The first-order valence-electron chi connectivity index (χ1n) is 10.6. The average molecular weight is 510 g/mol. The van der Waals surface area contributed by atoms with Gasteiger partial charge in [-0.05, 0) is 69.9 Å². The summed E-state index contributed by atoms with van der Waals surface area (Å²) in [6.07, 6.45) is 1.33. The van der Waals surface area contributed by atoms with E-state index >= 15 is 0 Å². The summed E-state index contributed by atoms with van der Waals surface area (Å²) in [5.41, 5.74) is 1.96. The number of aromatic nitrogens is 1. The Hall–Kier alpha value is -2.00. The molecule has 0 saturated heterocycles. The first-order chi connectivity index (χ1) is 15.4. The number of carbonyl (C=O) groups is 1. The molecule has 0 N–H and O–H groups in total. The Balaban J connectivity index is 0.00000385. The second-order valence-electron chi connectivity index (χ2n) is 7.74. The van der Waals surface area contributed by atoms with E-state index in [1.54, 1.807) is 37.3 Å². The molecule has 0 aliphatic heterocycles. The maximum atomic E-state index is 13.2. The highest BCUT2D eigenvalue weighted by atomic mass is 35.5. The first-order valence-corrected chi connectivity index (χ1v) is 12.4. The number of thioether (sulfide) groups is 1. The zero-order valence-corrected chi connectivity index (χ0v) is 22.2. The lowest BCUT2D eigenvalue weighted by Crippen LogP contribution is -2.33. The average Bonchev–Trinajstić information content (AvgIpc) is 3.23. The molecule has 0 spiro atoms. The predicted octanol–water partition coefficient (Wildman–Crippen LogP) is 5.51. The number of methoxy groups -OCH3 is 2. The van der Waals surface area contributed by atoms with Crippen molar-refractivity contribution in [3.05, 3.63) is 42.0 Å². The molecule has 0 fully saturated rings. The molecule has 0 aliphatic carbocycles. The molecule has 33 heavy (non-hydrogen) atoms. The number of carbonyl (C=O) groups excluding carboxylic acids is 1. The summed E-state index contributed by atoms with van der Waals surface area (Å²) in [6, 6.07) is 11.9. The summed E-state index contributed by atoms with van der Waals surface area (Å²) >= 11 is 3.24. The van der Waals surface area contributed by atoms with E-state index in [0.29, 0.717) is 18.7 Å². The van der Waals surface area contributed by atoms with Crippen LogP contribution in [0.4, 0.5) is 5.13 Å². The summed E-state index contributed by atoms with van der Waals surface area (Å²) < 4.78 is 11.8. The number of halogens is 1. The number of fused-ring (bicyclic) bond motifs is 1. The fourth-order valence-corrected chi connectivity index (χ4v) is 5.25. The summed E-state index contributed by atoms with van der Waals surface area (Å²) in [6.45, 7) is 3.62. The van der Waals surface area contributed by atoms with E-state index in [0.717, 1.165) is 50.3 Å². The lowest BCUT2D eigenvalue weighted by molar-refractivity contribution is -0.118. The van der Waals surface area contributed by atoms with Gasteiger partial charge in [0.25, 0.3) is 0 Å². The van der Waals surface area contributed by atoms with Crippen LogP contribution < -0.4 is 14.4 Å². The maximum Gasteiger partial charge on any atom is 0.229 e. The van der Waals surface area contributed by atoms with Crippen LogP contribution in [0.5, 0.6) is 11.5 Å². The van der Waals surface area contributed by atoms with E-state index in [-0.39, 0.29) is 18.3 Å². The zero-order chi connectivity index (χ0) is 23.1. The lowest BCUT2D eigenvalue weighted by atomic mass is 10.2. The molecule has 1 amide bonds. The van der Waals surface area contributed by atoms with Crippen LogP contribution in [-0.4, -0.2) is 62.9 Å². The number of aryl methyl sites for hydroxylation is 1. The van der Waals surface area contributed by atoms with E-state index < -0.39 is 0 Å². The van der Waals surface area contributed by atoms with Crippen LogP contribution in [0.3, 0.4) is 0 Å². The molecule has 1 heterocycles. The number of thiazole rings is 1. The molecule has 6 nitrogen and oxygen atoms in total. The van der Waals surface area contributed by atoms with Crippen LogP contribution >= 0.6 is 35.5 Å². The number of nitrogens with zero attached hydrogens (tertiary/aromatic N) is 3. The summed E-state index contributed by atoms with van der Waals surface area (Å²) in [5, 5.41) is 0.741. The highest BCUT2D eigenvalue weighted by molar-refractivity contribution is 7.99. The summed E-state index contributed by atoms with van der Waals surface area (Å²) in [4.78, 5) is 23.2. The minimum Gasteiger partial charge on any atom is -0.497 e. The molecule has 0 saturated carbocycles. The molecule has 2 aromatic carbocycles. The van der Waals surface area contributed by atoms with E-state index in [9.17, 15) is 4.79 Å². The van der Waals surface area contributed by atoms with Gasteiger partial charge in [-0.3, -0.25) is 9.69 Å². The molecular weight excluding hydrogens is 478 g/mol. The third-order valence-electron chi connectivity index (χ3n) is 5.08. The minimum absolute atomic E-state index is 0. The van der Waals surface area contributed by atoms with Gasteiger partial charge in [0, 0.05) is 23.6 Å². The number of hydrogen-bond acceptors (Lipinski definition) is 7. The number of amides is 1. The Morgan fingerprint density at radius 2 is 1.79 bits per heavy atom. The van der Waals surface area contributed by atoms with Crippen molar-refractivity contribution in [2.75, 3.05) is 52.1 Å². The summed E-state index contributed by atoms with van der Waals surface area (Å²) in [7, 11) is 7.40. The molecule has 0 atom stereocenters. The fraction of sp³-hybridized carbons (Fsp3) is 0.417. The van der Waals surface area contributed by atoms with E-state index in [4.69, 9.17) is 14.5 Å². The van der Waals surface area contributed by atoms with Gasteiger partial charge in [-0.25, -0.2) is 4.98 Å². The Labute approximate surface area is 210 Å². The van der Waals surface area contributed by atoms with Crippen LogP contribution in [0, 0.1) is 6.92 Å². The lowest BCUT2D eigenvalue weighted by Gasteiger charge is -2.21. The number of ether oxygens (including phenoxy) is 2.